The van der Waals surface area contributed by atoms with Crippen LogP contribution in [0.4, 0.5) is 5.82 Å². The lowest BCUT2D eigenvalue weighted by molar-refractivity contribution is 0.357. The molecule has 2 aromatic rings. The van der Waals surface area contributed by atoms with Crippen molar-refractivity contribution in [2.45, 2.75) is 26.3 Å². The van der Waals surface area contributed by atoms with Gasteiger partial charge in [0.15, 0.2) is 0 Å². The van der Waals surface area contributed by atoms with Crippen LogP contribution in [0.25, 0.3) is 0 Å². The molecule has 0 saturated heterocycles. The molecule has 0 fully saturated rings. The molecule has 104 valence electrons. The first kappa shape index (κ1) is 12.9. The summed E-state index contributed by atoms with van der Waals surface area (Å²) < 4.78 is 5.54. The van der Waals surface area contributed by atoms with Crippen molar-refractivity contribution in [3.8, 4) is 5.75 Å². The van der Waals surface area contributed by atoms with E-state index in [9.17, 15) is 0 Å². The maximum Gasteiger partial charge on any atom is 0.132 e. The van der Waals surface area contributed by atoms with Crippen molar-refractivity contribution in [3.63, 3.8) is 0 Å². The van der Waals surface area contributed by atoms with Crippen molar-refractivity contribution in [3.05, 3.63) is 47.4 Å². The largest absolute Gasteiger partial charge is 0.493 e. The molecule has 0 amide bonds. The smallest absolute Gasteiger partial charge is 0.132 e. The van der Waals surface area contributed by atoms with Crippen LogP contribution in [-0.4, -0.2) is 23.6 Å². The molecule has 1 aromatic carbocycles. The fourth-order valence-corrected chi connectivity index (χ4v) is 2.48. The van der Waals surface area contributed by atoms with Gasteiger partial charge in [-0.1, -0.05) is 19.1 Å². The lowest BCUT2D eigenvalue weighted by atomic mass is 10.1. The monoisotopic (exact) mass is 269 g/mol. The van der Waals surface area contributed by atoms with E-state index in [1.807, 2.05) is 0 Å². The molecule has 0 aliphatic carbocycles. The molecule has 1 aliphatic rings. The van der Waals surface area contributed by atoms with Gasteiger partial charge in [0, 0.05) is 31.8 Å². The molecule has 0 spiro atoms. The van der Waals surface area contributed by atoms with E-state index in [1.54, 1.807) is 6.33 Å². The van der Waals surface area contributed by atoms with Crippen LogP contribution in [0.15, 0.2) is 30.6 Å². The Hall–Kier alpha value is -2.10. The number of hydrogen-bond donors (Lipinski definition) is 0. The summed E-state index contributed by atoms with van der Waals surface area (Å²) in [5.74, 6) is 2.00. The second kappa shape index (κ2) is 5.49. The number of nitrogens with zero attached hydrogens (tertiary/aromatic N) is 3. The fraction of sp³-hybridized carbons (Fsp3) is 0.375. The second-order valence-electron chi connectivity index (χ2n) is 5.12. The summed E-state index contributed by atoms with van der Waals surface area (Å²) in [5.41, 5.74) is 3.67. The minimum Gasteiger partial charge on any atom is -0.493 e. The first-order chi connectivity index (χ1) is 9.76. The van der Waals surface area contributed by atoms with E-state index < -0.39 is 0 Å². The summed E-state index contributed by atoms with van der Waals surface area (Å²) in [6, 6.07) is 8.49. The molecule has 0 atom stereocenters. The van der Waals surface area contributed by atoms with Gasteiger partial charge in [0.2, 0.25) is 0 Å². The third kappa shape index (κ3) is 2.59. The first-order valence-electron chi connectivity index (χ1n) is 7.03. The highest BCUT2D eigenvalue weighted by Crippen LogP contribution is 2.26. The van der Waals surface area contributed by atoms with Gasteiger partial charge in [0.05, 0.1) is 6.61 Å². The van der Waals surface area contributed by atoms with Crippen molar-refractivity contribution in [2.24, 2.45) is 0 Å². The quantitative estimate of drug-likeness (QED) is 0.855. The molecular weight excluding hydrogens is 250 g/mol. The third-order valence-electron chi connectivity index (χ3n) is 3.64. The number of hydrogen-bond acceptors (Lipinski definition) is 4. The molecule has 1 aromatic heterocycles. The van der Waals surface area contributed by atoms with Crippen LogP contribution >= 0.6 is 0 Å². The highest BCUT2D eigenvalue weighted by Gasteiger charge is 2.13. The number of aromatic nitrogens is 2. The number of fused-ring (bicyclic) bond motifs is 1. The van der Waals surface area contributed by atoms with Crippen LogP contribution in [0.3, 0.4) is 0 Å². The van der Waals surface area contributed by atoms with Crippen LogP contribution in [0, 0.1) is 0 Å². The number of ether oxygens (including phenoxy) is 1. The van der Waals surface area contributed by atoms with Gasteiger partial charge in [-0.25, -0.2) is 9.97 Å². The molecule has 0 radical (unpaired) electrons. The average Bonchev–Trinajstić information content (AvgIpc) is 2.95. The van der Waals surface area contributed by atoms with Gasteiger partial charge < -0.3 is 9.64 Å². The Morgan fingerprint density at radius 2 is 2.15 bits per heavy atom. The van der Waals surface area contributed by atoms with Crippen molar-refractivity contribution in [1.82, 2.24) is 9.97 Å². The highest BCUT2D eigenvalue weighted by molar-refractivity contribution is 5.43. The topological polar surface area (TPSA) is 38.2 Å². The Bertz CT molecular complexity index is 612. The summed E-state index contributed by atoms with van der Waals surface area (Å²) in [7, 11) is 2.06. The molecule has 0 bridgehead atoms. The van der Waals surface area contributed by atoms with E-state index in [0.29, 0.717) is 0 Å². The van der Waals surface area contributed by atoms with E-state index in [1.165, 1.54) is 11.1 Å². The van der Waals surface area contributed by atoms with E-state index in [0.717, 1.165) is 43.3 Å². The highest BCUT2D eigenvalue weighted by atomic mass is 16.5. The van der Waals surface area contributed by atoms with Crippen LogP contribution in [0.5, 0.6) is 5.75 Å². The average molecular weight is 269 g/mol. The molecular formula is C16H19N3O. The Morgan fingerprint density at radius 3 is 3.00 bits per heavy atom. The Labute approximate surface area is 119 Å². The Morgan fingerprint density at radius 1 is 1.25 bits per heavy atom. The first-order valence-corrected chi connectivity index (χ1v) is 7.03. The lowest BCUT2D eigenvalue weighted by Crippen LogP contribution is -2.18. The van der Waals surface area contributed by atoms with Gasteiger partial charge in [-0.2, -0.15) is 0 Å². The molecule has 1 aliphatic heterocycles. The minimum absolute atomic E-state index is 0.806. The van der Waals surface area contributed by atoms with E-state index in [4.69, 9.17) is 4.74 Å². The molecule has 0 saturated carbocycles. The van der Waals surface area contributed by atoms with Gasteiger partial charge in [-0.05, 0) is 23.6 Å². The van der Waals surface area contributed by atoms with Crippen molar-refractivity contribution in [1.29, 1.82) is 0 Å². The van der Waals surface area contributed by atoms with Gasteiger partial charge in [-0.15, -0.1) is 0 Å². The molecule has 0 N–H and O–H groups in total. The number of benzene rings is 1. The van der Waals surface area contributed by atoms with Crippen molar-refractivity contribution < 1.29 is 4.74 Å². The normalized spacial score (nSPS) is 12.9. The van der Waals surface area contributed by atoms with E-state index in [2.05, 4.69) is 53.1 Å². The van der Waals surface area contributed by atoms with Crippen LogP contribution in [-0.2, 0) is 19.4 Å². The summed E-state index contributed by atoms with van der Waals surface area (Å²) in [6.07, 6.45) is 3.58. The van der Waals surface area contributed by atoms with Gasteiger partial charge in [0.25, 0.3) is 0 Å². The summed E-state index contributed by atoms with van der Waals surface area (Å²) in [5, 5.41) is 0. The Balaban J connectivity index is 1.76. The summed E-state index contributed by atoms with van der Waals surface area (Å²) >= 11 is 0. The van der Waals surface area contributed by atoms with Crippen molar-refractivity contribution >= 4 is 5.82 Å². The molecule has 2 heterocycles. The molecule has 3 rings (SSSR count). The SMILES string of the molecule is CCc1cc(N(C)Cc2ccc3c(c2)CCO3)ncn1. The van der Waals surface area contributed by atoms with E-state index in [-0.39, 0.29) is 0 Å². The second-order valence-corrected chi connectivity index (χ2v) is 5.12. The lowest BCUT2D eigenvalue weighted by Gasteiger charge is -2.18. The molecule has 4 nitrogen and oxygen atoms in total. The van der Waals surface area contributed by atoms with Crippen LogP contribution < -0.4 is 9.64 Å². The zero-order chi connectivity index (χ0) is 13.9. The summed E-state index contributed by atoms with van der Waals surface area (Å²) in [4.78, 5) is 10.7. The molecule has 0 unspecified atom stereocenters. The number of rotatable bonds is 4. The molecule has 20 heavy (non-hydrogen) atoms. The number of aryl methyl sites for hydroxylation is 1. The molecule has 4 heteroatoms. The standard InChI is InChI=1S/C16H19N3O/c1-3-14-9-16(18-11-17-14)19(2)10-12-4-5-15-13(8-12)6-7-20-15/h4-5,8-9,11H,3,6-7,10H2,1-2H3. The maximum atomic E-state index is 5.54. The number of anilines is 1. The van der Waals surface area contributed by atoms with Crippen LogP contribution in [0.1, 0.15) is 23.7 Å². The van der Waals surface area contributed by atoms with Gasteiger partial charge in [-0.3, -0.25) is 0 Å². The third-order valence-corrected chi connectivity index (χ3v) is 3.64. The predicted molar refractivity (Wildman–Crippen MR) is 79.2 cm³/mol. The van der Waals surface area contributed by atoms with Gasteiger partial charge >= 0.3 is 0 Å². The predicted octanol–water partition coefficient (Wildman–Crippen LogP) is 2.61. The zero-order valence-corrected chi connectivity index (χ0v) is 12.0. The summed E-state index contributed by atoms with van der Waals surface area (Å²) in [6.45, 7) is 3.75. The Kier molecular flexibility index (Phi) is 3.54. The maximum absolute atomic E-state index is 5.54. The fourth-order valence-electron chi connectivity index (χ4n) is 2.48. The van der Waals surface area contributed by atoms with Crippen molar-refractivity contribution in [2.75, 3.05) is 18.6 Å². The minimum atomic E-state index is 0.806. The van der Waals surface area contributed by atoms with Gasteiger partial charge in [0.1, 0.15) is 17.9 Å². The van der Waals surface area contributed by atoms with Crippen LogP contribution in [0.2, 0.25) is 0 Å². The zero-order valence-electron chi connectivity index (χ0n) is 12.0. The van der Waals surface area contributed by atoms with E-state index >= 15 is 0 Å².